The summed E-state index contributed by atoms with van der Waals surface area (Å²) < 4.78 is 2.62. The molecule has 0 aliphatic heterocycles. The lowest BCUT2D eigenvalue weighted by Crippen LogP contribution is -2.17. The lowest BCUT2D eigenvalue weighted by atomic mass is 9.82. The standard InChI is InChI=1S/C59H41NS/c1-59(2)53-27-12-10-24-48(53)49-32-31-43(37-54(49)59)60(42-20-14-19-39(34-42)38-16-4-3-5-17-38)55-28-15-26-45(41-30-33-57-51(35-41)50-25-11-13-29-56(50)61-57)58(55)52-36-40-18-6-7-21-44(40)46-22-8-9-23-47(46)52/h3-37H,1-2H3. The summed E-state index contributed by atoms with van der Waals surface area (Å²) in [7, 11) is 0. The van der Waals surface area contributed by atoms with E-state index in [9.17, 15) is 0 Å². The Morgan fingerprint density at radius 3 is 1.90 bits per heavy atom. The Hall–Kier alpha value is -7.26. The summed E-state index contributed by atoms with van der Waals surface area (Å²) in [6, 6.07) is 79.0. The number of nitrogens with zero attached hydrogens (tertiary/aromatic N) is 1. The highest BCUT2D eigenvalue weighted by Gasteiger charge is 2.36. The molecule has 12 rings (SSSR count). The van der Waals surface area contributed by atoms with E-state index in [1.165, 1.54) is 97.4 Å². The van der Waals surface area contributed by atoms with Crippen molar-refractivity contribution in [2.75, 3.05) is 4.90 Å². The maximum absolute atomic E-state index is 2.52. The molecule has 0 fully saturated rings. The van der Waals surface area contributed by atoms with E-state index in [2.05, 4.69) is 231 Å². The lowest BCUT2D eigenvalue weighted by Gasteiger charge is -2.31. The third-order valence-electron chi connectivity index (χ3n) is 13.0. The zero-order valence-electron chi connectivity index (χ0n) is 34.1. The summed E-state index contributed by atoms with van der Waals surface area (Å²) in [4.78, 5) is 2.52. The van der Waals surface area contributed by atoms with Gasteiger partial charge in [-0.1, -0.05) is 172 Å². The maximum atomic E-state index is 2.52. The zero-order valence-corrected chi connectivity index (χ0v) is 34.9. The molecule has 0 radical (unpaired) electrons. The monoisotopic (exact) mass is 795 g/mol. The third-order valence-corrected chi connectivity index (χ3v) is 14.2. The van der Waals surface area contributed by atoms with Gasteiger partial charge >= 0.3 is 0 Å². The van der Waals surface area contributed by atoms with Crippen LogP contribution in [-0.4, -0.2) is 0 Å². The van der Waals surface area contributed by atoms with Crippen molar-refractivity contribution in [1.82, 2.24) is 0 Å². The molecule has 288 valence electrons. The second-order valence-electron chi connectivity index (χ2n) is 16.9. The topological polar surface area (TPSA) is 3.24 Å². The fourth-order valence-electron chi connectivity index (χ4n) is 10.1. The molecular formula is C59H41NS. The Morgan fingerprint density at radius 1 is 0.361 bits per heavy atom. The number of fused-ring (bicyclic) bond motifs is 9. The van der Waals surface area contributed by atoms with Gasteiger partial charge in [-0.2, -0.15) is 0 Å². The molecule has 11 aromatic rings. The number of anilines is 3. The molecule has 0 spiro atoms. The number of hydrogen-bond acceptors (Lipinski definition) is 2. The summed E-state index contributed by atoms with van der Waals surface area (Å²) in [5.74, 6) is 0. The molecule has 61 heavy (non-hydrogen) atoms. The molecule has 0 atom stereocenters. The molecule has 0 saturated heterocycles. The largest absolute Gasteiger partial charge is 0.310 e. The molecule has 0 unspecified atom stereocenters. The SMILES string of the molecule is CC1(C)c2ccccc2-c2ccc(N(c3cccc(-c4ccccc4)c3)c3cccc(-c4ccc5sc6ccccc6c5c4)c3-c3cc4ccccc4c4ccccc34)cc21. The first-order valence-corrected chi connectivity index (χ1v) is 22.0. The van der Waals surface area contributed by atoms with E-state index in [0.29, 0.717) is 0 Å². The van der Waals surface area contributed by atoms with Gasteiger partial charge in [0.25, 0.3) is 0 Å². The predicted octanol–water partition coefficient (Wildman–Crippen LogP) is 17.1. The van der Waals surface area contributed by atoms with Gasteiger partial charge in [0.15, 0.2) is 0 Å². The molecule has 0 saturated carbocycles. The highest BCUT2D eigenvalue weighted by Crippen LogP contribution is 2.53. The van der Waals surface area contributed by atoms with Crippen LogP contribution in [0.2, 0.25) is 0 Å². The van der Waals surface area contributed by atoms with E-state index >= 15 is 0 Å². The van der Waals surface area contributed by atoms with Crippen LogP contribution in [-0.2, 0) is 5.41 Å². The van der Waals surface area contributed by atoms with Crippen LogP contribution in [0.3, 0.4) is 0 Å². The number of hydrogen-bond donors (Lipinski definition) is 0. The van der Waals surface area contributed by atoms with Crippen molar-refractivity contribution in [3.05, 3.63) is 223 Å². The zero-order chi connectivity index (χ0) is 40.7. The third kappa shape index (κ3) is 5.67. The van der Waals surface area contributed by atoms with E-state index in [-0.39, 0.29) is 5.41 Å². The van der Waals surface area contributed by atoms with Gasteiger partial charge in [-0.15, -0.1) is 11.3 Å². The average molecular weight is 796 g/mol. The molecule has 1 heterocycles. The predicted molar refractivity (Wildman–Crippen MR) is 263 cm³/mol. The van der Waals surface area contributed by atoms with E-state index in [4.69, 9.17) is 0 Å². The van der Waals surface area contributed by atoms with Crippen molar-refractivity contribution in [1.29, 1.82) is 0 Å². The summed E-state index contributed by atoms with van der Waals surface area (Å²) in [5.41, 5.74) is 15.8. The van der Waals surface area contributed by atoms with Gasteiger partial charge in [-0.3, -0.25) is 0 Å². The number of benzene rings is 10. The van der Waals surface area contributed by atoms with Gasteiger partial charge in [-0.25, -0.2) is 0 Å². The van der Waals surface area contributed by atoms with Gasteiger partial charge in [0.2, 0.25) is 0 Å². The van der Waals surface area contributed by atoms with Crippen molar-refractivity contribution in [3.63, 3.8) is 0 Å². The van der Waals surface area contributed by atoms with Crippen LogP contribution in [0.25, 0.3) is 86.2 Å². The first-order chi connectivity index (χ1) is 30.0. The van der Waals surface area contributed by atoms with Crippen LogP contribution in [0.15, 0.2) is 212 Å². The first kappa shape index (κ1) is 35.7. The highest BCUT2D eigenvalue weighted by molar-refractivity contribution is 7.25. The van der Waals surface area contributed by atoms with Crippen molar-refractivity contribution >= 4 is 70.1 Å². The van der Waals surface area contributed by atoms with Crippen molar-refractivity contribution in [3.8, 4) is 44.5 Å². The first-order valence-electron chi connectivity index (χ1n) is 21.2. The molecule has 1 nitrogen and oxygen atoms in total. The van der Waals surface area contributed by atoms with Crippen LogP contribution in [0.4, 0.5) is 17.1 Å². The van der Waals surface area contributed by atoms with Gasteiger partial charge < -0.3 is 4.90 Å². The van der Waals surface area contributed by atoms with E-state index < -0.39 is 0 Å². The number of rotatable bonds is 6. The Kier molecular flexibility index (Phi) is 8.13. The minimum Gasteiger partial charge on any atom is -0.310 e. The Bertz CT molecular complexity index is 3520. The van der Waals surface area contributed by atoms with Gasteiger partial charge in [0, 0.05) is 42.5 Å². The molecule has 10 aromatic carbocycles. The van der Waals surface area contributed by atoms with Crippen LogP contribution in [0.5, 0.6) is 0 Å². The molecule has 0 amide bonds. The minimum absolute atomic E-state index is 0.155. The van der Waals surface area contributed by atoms with Crippen molar-refractivity contribution < 1.29 is 0 Å². The molecular weight excluding hydrogens is 755 g/mol. The Balaban J connectivity index is 1.18. The smallest absolute Gasteiger partial charge is 0.0546 e. The van der Waals surface area contributed by atoms with Gasteiger partial charge in [0.05, 0.1) is 5.69 Å². The van der Waals surface area contributed by atoms with Crippen LogP contribution in [0, 0.1) is 0 Å². The fourth-order valence-corrected chi connectivity index (χ4v) is 11.2. The van der Waals surface area contributed by atoms with Crippen molar-refractivity contribution in [2.45, 2.75) is 19.3 Å². The molecule has 0 bridgehead atoms. The van der Waals surface area contributed by atoms with E-state index in [1.807, 2.05) is 11.3 Å². The maximum Gasteiger partial charge on any atom is 0.0546 e. The highest BCUT2D eigenvalue weighted by atomic mass is 32.1. The summed E-state index contributed by atoms with van der Waals surface area (Å²) in [5, 5.41) is 7.58. The average Bonchev–Trinajstić information content (AvgIpc) is 3.80. The second-order valence-corrected chi connectivity index (χ2v) is 17.9. The normalized spacial score (nSPS) is 12.9. The quantitative estimate of drug-likeness (QED) is 0.152. The molecule has 1 aromatic heterocycles. The van der Waals surface area contributed by atoms with Crippen LogP contribution >= 0.6 is 11.3 Å². The van der Waals surface area contributed by atoms with Gasteiger partial charge in [0.1, 0.15) is 0 Å². The Labute approximate surface area is 360 Å². The van der Waals surface area contributed by atoms with E-state index in [1.54, 1.807) is 0 Å². The molecule has 1 aliphatic rings. The Morgan fingerprint density at radius 2 is 1.02 bits per heavy atom. The van der Waals surface area contributed by atoms with E-state index in [0.717, 1.165) is 17.1 Å². The lowest BCUT2D eigenvalue weighted by molar-refractivity contribution is 0.660. The number of thiophene rings is 1. The molecule has 2 heteroatoms. The van der Waals surface area contributed by atoms with Crippen molar-refractivity contribution in [2.24, 2.45) is 0 Å². The minimum atomic E-state index is -0.155. The summed E-state index contributed by atoms with van der Waals surface area (Å²) in [6.45, 7) is 4.75. The second kappa shape index (κ2) is 13.9. The molecule has 1 aliphatic carbocycles. The fraction of sp³-hybridized carbons (Fsp3) is 0.0508. The van der Waals surface area contributed by atoms with Gasteiger partial charge in [-0.05, 0) is 126 Å². The molecule has 0 N–H and O–H groups in total. The van der Waals surface area contributed by atoms with Crippen LogP contribution in [0.1, 0.15) is 25.0 Å². The van der Waals surface area contributed by atoms with Crippen LogP contribution < -0.4 is 4.90 Å². The summed E-state index contributed by atoms with van der Waals surface area (Å²) in [6.07, 6.45) is 0. The summed E-state index contributed by atoms with van der Waals surface area (Å²) >= 11 is 1.87.